The van der Waals surface area contributed by atoms with Crippen LogP contribution in [-0.2, 0) is 11.3 Å². The van der Waals surface area contributed by atoms with E-state index < -0.39 is 17.8 Å². The number of alkyl carbamates (subject to hydrolysis) is 1. The maximum Gasteiger partial charge on any atom is 0.423 e. The fourth-order valence-electron chi connectivity index (χ4n) is 1.91. The molecule has 2 aromatic rings. The Hall–Kier alpha value is -2.67. The number of amides is 2. The van der Waals surface area contributed by atoms with Crippen molar-refractivity contribution < 1.29 is 19.1 Å². The van der Waals surface area contributed by atoms with Gasteiger partial charge in [0.1, 0.15) is 5.60 Å². The Labute approximate surface area is 133 Å². The standard InChI is InChI=1S/C16H19N3O4/c1-16(2,3)23-15(21)19-14(20)22-13-12-5-4-10(9-17)8-11(12)6-7-18-13/h4-8H,9,17H2,1-3H3,(H,19,20,21). The highest BCUT2D eigenvalue weighted by Crippen LogP contribution is 2.24. The van der Waals surface area contributed by atoms with Crippen molar-refractivity contribution in [2.75, 3.05) is 0 Å². The van der Waals surface area contributed by atoms with Crippen LogP contribution in [0.3, 0.4) is 0 Å². The molecule has 0 aliphatic rings. The second kappa shape index (κ2) is 6.62. The van der Waals surface area contributed by atoms with Gasteiger partial charge in [-0.05, 0) is 49.9 Å². The highest BCUT2D eigenvalue weighted by Gasteiger charge is 2.19. The Bertz CT molecular complexity index is 738. The zero-order valence-corrected chi connectivity index (χ0v) is 13.3. The van der Waals surface area contributed by atoms with Crippen molar-refractivity contribution in [1.29, 1.82) is 0 Å². The number of rotatable bonds is 2. The molecule has 0 atom stereocenters. The molecule has 1 heterocycles. The van der Waals surface area contributed by atoms with Gasteiger partial charge in [0.2, 0.25) is 5.88 Å². The maximum absolute atomic E-state index is 11.8. The zero-order chi connectivity index (χ0) is 17.0. The lowest BCUT2D eigenvalue weighted by Gasteiger charge is -2.19. The number of benzene rings is 1. The van der Waals surface area contributed by atoms with Gasteiger partial charge in [-0.1, -0.05) is 6.07 Å². The number of nitrogens with two attached hydrogens (primary N) is 1. The summed E-state index contributed by atoms with van der Waals surface area (Å²) >= 11 is 0. The molecule has 0 unspecified atom stereocenters. The lowest BCUT2D eigenvalue weighted by Crippen LogP contribution is -2.38. The number of fused-ring (bicyclic) bond motifs is 1. The summed E-state index contributed by atoms with van der Waals surface area (Å²) in [5.74, 6) is 0.104. The van der Waals surface area contributed by atoms with E-state index in [4.69, 9.17) is 15.2 Å². The molecule has 1 aromatic heterocycles. The number of nitrogens with one attached hydrogen (secondary N) is 1. The summed E-state index contributed by atoms with van der Waals surface area (Å²) in [5.41, 5.74) is 5.85. The van der Waals surface area contributed by atoms with Crippen LogP contribution in [0.2, 0.25) is 0 Å². The third-order valence-corrected chi connectivity index (χ3v) is 2.82. The summed E-state index contributed by atoms with van der Waals surface area (Å²) in [5, 5.41) is 3.47. The summed E-state index contributed by atoms with van der Waals surface area (Å²) in [7, 11) is 0. The van der Waals surface area contributed by atoms with Crippen LogP contribution in [0.1, 0.15) is 26.3 Å². The number of imide groups is 1. The molecule has 23 heavy (non-hydrogen) atoms. The van der Waals surface area contributed by atoms with Gasteiger partial charge < -0.3 is 15.2 Å². The molecule has 1 aromatic carbocycles. The number of hydrogen-bond acceptors (Lipinski definition) is 6. The molecule has 0 fully saturated rings. The van der Waals surface area contributed by atoms with Crippen molar-refractivity contribution in [3.05, 3.63) is 36.0 Å². The van der Waals surface area contributed by atoms with Gasteiger partial charge in [-0.25, -0.2) is 19.9 Å². The average Bonchev–Trinajstić information content (AvgIpc) is 2.44. The molecular weight excluding hydrogens is 298 g/mol. The number of aromatic nitrogens is 1. The predicted molar refractivity (Wildman–Crippen MR) is 85.0 cm³/mol. The van der Waals surface area contributed by atoms with Crippen LogP contribution in [-0.4, -0.2) is 22.8 Å². The molecule has 0 radical (unpaired) electrons. The van der Waals surface area contributed by atoms with Crippen molar-refractivity contribution in [2.45, 2.75) is 32.9 Å². The van der Waals surface area contributed by atoms with Crippen LogP contribution in [0.25, 0.3) is 10.8 Å². The van der Waals surface area contributed by atoms with Gasteiger partial charge in [0.25, 0.3) is 0 Å². The van der Waals surface area contributed by atoms with Crippen LogP contribution in [0.4, 0.5) is 9.59 Å². The van der Waals surface area contributed by atoms with E-state index in [9.17, 15) is 9.59 Å². The van der Waals surface area contributed by atoms with E-state index in [0.717, 1.165) is 10.9 Å². The van der Waals surface area contributed by atoms with Gasteiger partial charge in [0.05, 0.1) is 0 Å². The van der Waals surface area contributed by atoms with E-state index in [-0.39, 0.29) is 5.88 Å². The van der Waals surface area contributed by atoms with Gasteiger partial charge in [0, 0.05) is 18.1 Å². The quantitative estimate of drug-likeness (QED) is 0.882. The Morgan fingerprint density at radius 3 is 2.61 bits per heavy atom. The Kier molecular flexibility index (Phi) is 4.80. The van der Waals surface area contributed by atoms with E-state index in [1.54, 1.807) is 32.9 Å². The van der Waals surface area contributed by atoms with Crippen LogP contribution < -0.4 is 15.8 Å². The van der Waals surface area contributed by atoms with Gasteiger partial charge in [-0.2, -0.15) is 0 Å². The first-order chi connectivity index (χ1) is 10.8. The second-order valence-electron chi connectivity index (χ2n) is 5.89. The van der Waals surface area contributed by atoms with Crippen molar-refractivity contribution in [2.24, 2.45) is 5.73 Å². The molecule has 0 saturated heterocycles. The third-order valence-electron chi connectivity index (χ3n) is 2.82. The topological polar surface area (TPSA) is 104 Å². The summed E-state index contributed by atoms with van der Waals surface area (Å²) in [6.45, 7) is 5.49. The van der Waals surface area contributed by atoms with Crippen LogP contribution in [0, 0.1) is 0 Å². The molecule has 3 N–H and O–H groups in total. The SMILES string of the molecule is CC(C)(C)OC(=O)NC(=O)Oc1nccc2cc(CN)ccc12. The molecule has 2 rings (SSSR count). The maximum atomic E-state index is 11.8. The Morgan fingerprint density at radius 1 is 1.22 bits per heavy atom. The van der Waals surface area contributed by atoms with E-state index >= 15 is 0 Å². The molecule has 122 valence electrons. The molecule has 7 heteroatoms. The highest BCUT2D eigenvalue weighted by molar-refractivity contribution is 5.92. The van der Waals surface area contributed by atoms with Gasteiger partial charge in [-0.3, -0.25) is 0 Å². The summed E-state index contributed by atoms with van der Waals surface area (Å²) in [4.78, 5) is 27.3. The number of carbonyl (C=O) groups excluding carboxylic acids is 2. The number of ether oxygens (including phenoxy) is 2. The number of carbonyl (C=O) groups is 2. The summed E-state index contributed by atoms with van der Waals surface area (Å²) in [6.07, 6.45) is -0.325. The van der Waals surface area contributed by atoms with E-state index in [1.807, 2.05) is 17.4 Å². The molecule has 2 amide bonds. The van der Waals surface area contributed by atoms with Crippen LogP contribution >= 0.6 is 0 Å². The zero-order valence-electron chi connectivity index (χ0n) is 13.3. The minimum Gasteiger partial charge on any atom is -0.443 e. The number of nitrogens with zero attached hydrogens (tertiary/aromatic N) is 1. The normalized spacial score (nSPS) is 11.1. The lowest BCUT2D eigenvalue weighted by molar-refractivity contribution is 0.0533. The third kappa shape index (κ3) is 4.65. The molecule has 0 aliphatic carbocycles. The van der Waals surface area contributed by atoms with Crippen LogP contribution in [0.15, 0.2) is 30.5 Å². The molecule has 0 saturated carbocycles. The number of pyridine rings is 1. The molecule has 0 bridgehead atoms. The van der Waals surface area contributed by atoms with E-state index in [2.05, 4.69) is 4.98 Å². The van der Waals surface area contributed by atoms with Crippen molar-refractivity contribution in [3.8, 4) is 5.88 Å². The van der Waals surface area contributed by atoms with Gasteiger partial charge in [-0.15, -0.1) is 0 Å². The second-order valence-corrected chi connectivity index (χ2v) is 5.89. The number of hydrogen-bond donors (Lipinski definition) is 2. The van der Waals surface area contributed by atoms with E-state index in [1.165, 1.54) is 6.20 Å². The minimum atomic E-state index is -0.956. The summed E-state index contributed by atoms with van der Waals surface area (Å²) < 4.78 is 10.1. The van der Waals surface area contributed by atoms with Gasteiger partial charge >= 0.3 is 12.2 Å². The monoisotopic (exact) mass is 317 g/mol. The van der Waals surface area contributed by atoms with E-state index in [0.29, 0.717) is 11.9 Å². The Morgan fingerprint density at radius 2 is 1.96 bits per heavy atom. The largest absolute Gasteiger partial charge is 0.443 e. The molecular formula is C16H19N3O4. The fourth-order valence-corrected chi connectivity index (χ4v) is 1.91. The highest BCUT2D eigenvalue weighted by atomic mass is 16.6. The molecule has 0 spiro atoms. The first-order valence-corrected chi connectivity index (χ1v) is 7.08. The van der Waals surface area contributed by atoms with Crippen molar-refractivity contribution in [1.82, 2.24) is 10.3 Å². The molecule has 0 aliphatic heterocycles. The summed E-state index contributed by atoms with van der Waals surface area (Å²) in [6, 6.07) is 7.26. The van der Waals surface area contributed by atoms with Crippen LogP contribution in [0.5, 0.6) is 5.88 Å². The fraction of sp³-hybridized carbons (Fsp3) is 0.312. The first-order valence-electron chi connectivity index (χ1n) is 7.08. The molecule has 7 nitrogen and oxygen atoms in total. The average molecular weight is 317 g/mol. The predicted octanol–water partition coefficient (Wildman–Crippen LogP) is 2.72. The smallest absolute Gasteiger partial charge is 0.423 e. The van der Waals surface area contributed by atoms with Crippen molar-refractivity contribution >= 4 is 23.0 Å². The minimum absolute atomic E-state index is 0.104. The first kappa shape index (κ1) is 16.7. The van der Waals surface area contributed by atoms with Crippen molar-refractivity contribution in [3.63, 3.8) is 0 Å². The Balaban J connectivity index is 2.12. The van der Waals surface area contributed by atoms with Gasteiger partial charge in [0.15, 0.2) is 0 Å². The lowest BCUT2D eigenvalue weighted by atomic mass is 10.1.